The zero-order chi connectivity index (χ0) is 16.0. The molecule has 1 atom stereocenters. The third-order valence-electron chi connectivity index (χ3n) is 3.43. The first kappa shape index (κ1) is 17.3. The Balaban J connectivity index is 2.69. The van der Waals surface area contributed by atoms with E-state index < -0.39 is 0 Å². The molecule has 5 heteroatoms. The van der Waals surface area contributed by atoms with Crippen molar-refractivity contribution in [1.82, 2.24) is 5.32 Å². The predicted octanol–water partition coefficient (Wildman–Crippen LogP) is 2.40. The summed E-state index contributed by atoms with van der Waals surface area (Å²) in [5, 5.41) is 2.92. The molecule has 21 heavy (non-hydrogen) atoms. The van der Waals surface area contributed by atoms with Crippen LogP contribution in [0.4, 0.5) is 0 Å². The van der Waals surface area contributed by atoms with Crippen LogP contribution in [0.5, 0.6) is 11.5 Å². The van der Waals surface area contributed by atoms with Crippen molar-refractivity contribution in [1.29, 1.82) is 0 Å². The molecule has 1 amide bonds. The average Bonchev–Trinajstić information content (AvgIpc) is 2.44. The first-order chi connectivity index (χ1) is 9.79. The highest BCUT2D eigenvalue weighted by Gasteiger charge is 2.18. The molecule has 0 bridgehead atoms. The first-order valence-electron chi connectivity index (χ1n) is 7.16. The summed E-state index contributed by atoms with van der Waals surface area (Å²) >= 11 is 0. The average molecular weight is 294 g/mol. The van der Waals surface area contributed by atoms with Crippen LogP contribution in [-0.2, 0) is 4.79 Å². The topological polar surface area (TPSA) is 73.6 Å². The number of benzene rings is 1. The highest BCUT2D eigenvalue weighted by molar-refractivity contribution is 5.78. The van der Waals surface area contributed by atoms with Gasteiger partial charge in [-0.1, -0.05) is 13.0 Å². The molecule has 1 aromatic rings. The quantitative estimate of drug-likeness (QED) is 0.810. The van der Waals surface area contributed by atoms with Crippen molar-refractivity contribution in [2.24, 2.45) is 5.73 Å². The Morgan fingerprint density at radius 3 is 2.57 bits per heavy atom. The van der Waals surface area contributed by atoms with E-state index in [-0.39, 0.29) is 24.1 Å². The van der Waals surface area contributed by atoms with Gasteiger partial charge in [0.1, 0.15) is 0 Å². The van der Waals surface area contributed by atoms with Gasteiger partial charge >= 0.3 is 0 Å². The van der Waals surface area contributed by atoms with Gasteiger partial charge in [0.05, 0.1) is 7.11 Å². The zero-order valence-electron chi connectivity index (χ0n) is 13.5. The van der Waals surface area contributed by atoms with E-state index in [0.29, 0.717) is 11.5 Å². The molecule has 0 aromatic heterocycles. The standard InChI is InChI=1S/C16H26N2O3/c1-6-16(3,4)18-15(19)10-21-13-8-7-12(11(2)17)9-14(13)20-5/h7-9,11H,6,10,17H2,1-5H3,(H,18,19)/t11-/m0/s1. The highest BCUT2D eigenvalue weighted by Crippen LogP contribution is 2.29. The van der Waals surface area contributed by atoms with Gasteiger partial charge in [-0.2, -0.15) is 0 Å². The summed E-state index contributed by atoms with van der Waals surface area (Å²) in [6, 6.07) is 5.39. The summed E-state index contributed by atoms with van der Waals surface area (Å²) in [4.78, 5) is 11.9. The van der Waals surface area contributed by atoms with E-state index in [9.17, 15) is 4.79 Å². The van der Waals surface area contributed by atoms with Gasteiger partial charge in [-0.3, -0.25) is 4.79 Å². The minimum absolute atomic E-state index is 0.0443. The van der Waals surface area contributed by atoms with Crippen molar-refractivity contribution in [2.45, 2.75) is 45.7 Å². The number of amides is 1. The number of carbonyl (C=O) groups excluding carboxylic acids is 1. The molecular formula is C16H26N2O3. The minimum Gasteiger partial charge on any atom is -0.493 e. The fourth-order valence-electron chi connectivity index (χ4n) is 1.73. The molecule has 118 valence electrons. The third kappa shape index (κ3) is 5.27. The van der Waals surface area contributed by atoms with Crippen LogP contribution in [0, 0.1) is 0 Å². The molecule has 0 radical (unpaired) electrons. The molecule has 0 saturated carbocycles. The van der Waals surface area contributed by atoms with Crippen molar-refractivity contribution < 1.29 is 14.3 Å². The van der Waals surface area contributed by atoms with Gasteiger partial charge in [0.2, 0.25) is 0 Å². The summed E-state index contributed by atoms with van der Waals surface area (Å²) in [5.74, 6) is 0.957. The van der Waals surface area contributed by atoms with Crippen LogP contribution < -0.4 is 20.5 Å². The van der Waals surface area contributed by atoms with E-state index in [2.05, 4.69) is 5.32 Å². The van der Waals surface area contributed by atoms with Gasteiger partial charge in [-0.15, -0.1) is 0 Å². The second kappa shape index (κ2) is 7.31. The van der Waals surface area contributed by atoms with Gasteiger partial charge in [0.15, 0.2) is 18.1 Å². The number of ether oxygens (including phenoxy) is 2. The summed E-state index contributed by atoms with van der Waals surface area (Å²) < 4.78 is 10.8. The Bertz CT molecular complexity index is 484. The van der Waals surface area contributed by atoms with E-state index in [0.717, 1.165) is 12.0 Å². The summed E-state index contributed by atoms with van der Waals surface area (Å²) in [5.41, 5.74) is 6.56. The maximum absolute atomic E-state index is 11.9. The molecule has 5 nitrogen and oxygen atoms in total. The van der Waals surface area contributed by atoms with Gasteiger partial charge in [-0.05, 0) is 44.9 Å². The maximum Gasteiger partial charge on any atom is 0.258 e. The van der Waals surface area contributed by atoms with Crippen molar-refractivity contribution in [2.75, 3.05) is 13.7 Å². The number of methoxy groups -OCH3 is 1. The number of hydrogen-bond acceptors (Lipinski definition) is 4. The molecule has 0 aliphatic carbocycles. The second-order valence-corrected chi connectivity index (χ2v) is 5.77. The second-order valence-electron chi connectivity index (χ2n) is 5.77. The van der Waals surface area contributed by atoms with Crippen LogP contribution in [0.25, 0.3) is 0 Å². The summed E-state index contributed by atoms with van der Waals surface area (Å²) in [6.07, 6.45) is 0.852. The summed E-state index contributed by atoms with van der Waals surface area (Å²) in [6.45, 7) is 7.83. The molecule has 0 heterocycles. The molecular weight excluding hydrogens is 268 g/mol. The van der Waals surface area contributed by atoms with Crippen molar-refractivity contribution in [3.8, 4) is 11.5 Å². The lowest BCUT2D eigenvalue weighted by molar-refractivity contribution is -0.124. The highest BCUT2D eigenvalue weighted by atomic mass is 16.5. The van der Waals surface area contributed by atoms with Crippen LogP contribution in [0.15, 0.2) is 18.2 Å². The number of carbonyl (C=O) groups is 1. The van der Waals surface area contributed by atoms with E-state index >= 15 is 0 Å². The lowest BCUT2D eigenvalue weighted by atomic mass is 10.0. The number of hydrogen-bond donors (Lipinski definition) is 2. The lowest BCUT2D eigenvalue weighted by Crippen LogP contribution is -2.44. The fourth-order valence-corrected chi connectivity index (χ4v) is 1.73. The molecule has 0 fully saturated rings. The number of nitrogens with two attached hydrogens (primary N) is 1. The van der Waals surface area contributed by atoms with E-state index in [1.165, 1.54) is 0 Å². The summed E-state index contributed by atoms with van der Waals surface area (Å²) in [7, 11) is 1.56. The Kier molecular flexibility index (Phi) is 6.03. The smallest absolute Gasteiger partial charge is 0.258 e. The van der Waals surface area contributed by atoms with E-state index in [4.69, 9.17) is 15.2 Å². The van der Waals surface area contributed by atoms with E-state index in [1.54, 1.807) is 13.2 Å². The van der Waals surface area contributed by atoms with Crippen molar-refractivity contribution in [3.05, 3.63) is 23.8 Å². The Morgan fingerprint density at radius 2 is 2.05 bits per heavy atom. The van der Waals surface area contributed by atoms with Gasteiger partial charge in [-0.25, -0.2) is 0 Å². The van der Waals surface area contributed by atoms with Crippen LogP contribution >= 0.6 is 0 Å². The van der Waals surface area contributed by atoms with Gasteiger partial charge in [0.25, 0.3) is 5.91 Å². The molecule has 0 saturated heterocycles. The molecule has 1 rings (SSSR count). The normalized spacial score (nSPS) is 12.7. The lowest BCUT2D eigenvalue weighted by Gasteiger charge is -2.24. The van der Waals surface area contributed by atoms with Gasteiger partial charge < -0.3 is 20.5 Å². The molecule has 3 N–H and O–H groups in total. The molecule has 1 aromatic carbocycles. The fraction of sp³-hybridized carbons (Fsp3) is 0.562. The predicted molar refractivity (Wildman–Crippen MR) is 83.6 cm³/mol. The van der Waals surface area contributed by atoms with E-state index in [1.807, 2.05) is 39.8 Å². The molecule has 0 aliphatic heterocycles. The maximum atomic E-state index is 11.9. The Labute approximate surface area is 126 Å². The number of nitrogens with one attached hydrogen (secondary N) is 1. The monoisotopic (exact) mass is 294 g/mol. The van der Waals surface area contributed by atoms with Gasteiger partial charge in [0, 0.05) is 11.6 Å². The third-order valence-corrected chi connectivity index (χ3v) is 3.43. The van der Waals surface area contributed by atoms with Crippen LogP contribution in [0.1, 0.15) is 45.7 Å². The SMILES string of the molecule is CCC(C)(C)NC(=O)COc1ccc([C@H](C)N)cc1OC. The minimum atomic E-state index is -0.233. The molecule has 0 unspecified atom stereocenters. The van der Waals surface area contributed by atoms with Crippen molar-refractivity contribution in [3.63, 3.8) is 0 Å². The van der Waals surface area contributed by atoms with Crippen LogP contribution in [0.3, 0.4) is 0 Å². The number of rotatable bonds is 7. The Morgan fingerprint density at radius 1 is 1.38 bits per heavy atom. The van der Waals surface area contributed by atoms with Crippen LogP contribution in [0.2, 0.25) is 0 Å². The first-order valence-corrected chi connectivity index (χ1v) is 7.16. The van der Waals surface area contributed by atoms with Crippen molar-refractivity contribution >= 4 is 5.91 Å². The Hall–Kier alpha value is -1.75. The molecule has 0 aliphatic rings. The molecule has 0 spiro atoms. The largest absolute Gasteiger partial charge is 0.493 e. The zero-order valence-corrected chi connectivity index (χ0v) is 13.5. The van der Waals surface area contributed by atoms with Crippen LogP contribution in [-0.4, -0.2) is 25.2 Å².